The van der Waals surface area contributed by atoms with Crippen LogP contribution >= 0.6 is 39.1 Å². The van der Waals surface area contributed by atoms with Crippen LogP contribution in [0.3, 0.4) is 0 Å². The summed E-state index contributed by atoms with van der Waals surface area (Å²) in [5, 5.41) is 2.25. The molecule has 2 aromatic carbocycles. The number of amides is 3. The van der Waals surface area contributed by atoms with Crippen molar-refractivity contribution in [2.24, 2.45) is 11.8 Å². The number of halogens is 3. The van der Waals surface area contributed by atoms with E-state index in [2.05, 4.69) is 15.9 Å². The first kappa shape index (κ1) is 23.0. The predicted molar refractivity (Wildman–Crippen MR) is 123 cm³/mol. The van der Waals surface area contributed by atoms with Crippen molar-refractivity contribution < 1.29 is 19.2 Å². The zero-order chi connectivity index (χ0) is 23.0. The monoisotopic (exact) mass is 536 g/mol. The van der Waals surface area contributed by atoms with Crippen LogP contribution in [0.4, 0.5) is 0 Å². The third-order valence-corrected chi connectivity index (χ3v) is 7.19. The summed E-state index contributed by atoms with van der Waals surface area (Å²) in [5.41, 5.74) is 0.482. The molecule has 6 nitrogen and oxygen atoms in total. The average Bonchev–Trinajstić information content (AvgIpc) is 3.04. The lowest BCUT2D eigenvalue weighted by molar-refractivity contribution is -0.154. The largest absolute Gasteiger partial charge is 0.292 e. The Balaban J connectivity index is 1.70. The van der Waals surface area contributed by atoms with Crippen molar-refractivity contribution in [1.29, 1.82) is 0 Å². The lowest BCUT2D eigenvalue weighted by atomic mass is 9.81. The lowest BCUT2D eigenvalue weighted by Crippen LogP contribution is -2.52. The maximum absolute atomic E-state index is 13.4. The maximum Gasteiger partial charge on any atom is 0.273 e. The van der Waals surface area contributed by atoms with Gasteiger partial charge in [0.25, 0.3) is 17.7 Å². The molecule has 4 rings (SSSR count). The second kappa shape index (κ2) is 9.33. The van der Waals surface area contributed by atoms with Gasteiger partial charge in [0.05, 0.1) is 21.9 Å². The van der Waals surface area contributed by atoms with Gasteiger partial charge in [-0.15, -0.1) is 0 Å². The Morgan fingerprint density at radius 3 is 2.03 bits per heavy atom. The van der Waals surface area contributed by atoms with Crippen molar-refractivity contribution in [2.45, 2.75) is 25.7 Å². The molecular weight excluding hydrogens is 519 g/mol. The van der Waals surface area contributed by atoms with E-state index in [1.807, 2.05) is 0 Å². The number of ketones is 1. The summed E-state index contributed by atoms with van der Waals surface area (Å²) in [6.07, 6.45) is 2.90. The molecule has 1 saturated heterocycles. The van der Waals surface area contributed by atoms with Crippen molar-refractivity contribution in [2.75, 3.05) is 6.54 Å². The second-order valence-corrected chi connectivity index (χ2v) is 9.64. The molecule has 0 N–H and O–H groups in total. The summed E-state index contributed by atoms with van der Waals surface area (Å²) in [5.74, 6) is -2.85. The number of hydrazine groups is 1. The number of rotatable bonds is 5. The van der Waals surface area contributed by atoms with Gasteiger partial charge in [0.1, 0.15) is 6.54 Å². The molecule has 166 valence electrons. The van der Waals surface area contributed by atoms with Gasteiger partial charge in [-0.05, 0) is 43.2 Å². The van der Waals surface area contributed by atoms with Gasteiger partial charge in [0.2, 0.25) is 0 Å². The molecule has 0 bridgehead atoms. The van der Waals surface area contributed by atoms with Gasteiger partial charge >= 0.3 is 0 Å². The first-order valence-corrected chi connectivity index (χ1v) is 11.8. The smallest absolute Gasteiger partial charge is 0.273 e. The fourth-order valence-corrected chi connectivity index (χ4v) is 4.82. The predicted octanol–water partition coefficient (Wildman–Crippen LogP) is 5.17. The molecule has 2 atom stereocenters. The Hall–Kier alpha value is -2.22. The van der Waals surface area contributed by atoms with Crippen molar-refractivity contribution in [3.05, 3.63) is 68.1 Å². The highest BCUT2D eigenvalue weighted by atomic mass is 79.9. The number of benzene rings is 2. The first-order valence-electron chi connectivity index (χ1n) is 10.2. The number of imide groups is 1. The van der Waals surface area contributed by atoms with Crippen LogP contribution in [0, 0.1) is 11.8 Å². The third-order valence-electron chi connectivity index (χ3n) is 5.92. The highest BCUT2D eigenvalue weighted by molar-refractivity contribution is 9.10. The van der Waals surface area contributed by atoms with Crippen LogP contribution in [0.1, 0.15) is 46.4 Å². The highest BCUT2D eigenvalue weighted by Crippen LogP contribution is 2.39. The van der Waals surface area contributed by atoms with Crippen molar-refractivity contribution in [3.63, 3.8) is 0 Å². The summed E-state index contributed by atoms with van der Waals surface area (Å²) < 4.78 is 0.798. The minimum Gasteiger partial charge on any atom is -0.292 e. The molecule has 0 spiro atoms. The van der Waals surface area contributed by atoms with Crippen molar-refractivity contribution in [3.8, 4) is 0 Å². The van der Waals surface area contributed by atoms with Crippen LogP contribution in [0.2, 0.25) is 10.0 Å². The summed E-state index contributed by atoms with van der Waals surface area (Å²) in [6.45, 7) is -0.461. The normalized spacial score (nSPS) is 20.3. The lowest BCUT2D eigenvalue weighted by Gasteiger charge is -2.30. The molecule has 1 saturated carbocycles. The molecule has 2 aliphatic rings. The minimum absolute atomic E-state index is 0.124. The number of nitrogens with zero attached hydrogens (tertiary/aromatic N) is 2. The molecule has 1 aliphatic heterocycles. The third kappa shape index (κ3) is 4.34. The highest BCUT2D eigenvalue weighted by Gasteiger charge is 2.51. The van der Waals surface area contributed by atoms with Gasteiger partial charge in [0, 0.05) is 15.6 Å². The number of fused-ring (bicyclic) bond motifs is 1. The van der Waals surface area contributed by atoms with Crippen LogP contribution in [0.15, 0.2) is 46.9 Å². The molecule has 3 amide bonds. The molecule has 2 aromatic rings. The number of carbonyl (C=O) groups is 4. The Morgan fingerprint density at radius 2 is 1.47 bits per heavy atom. The van der Waals surface area contributed by atoms with E-state index in [1.165, 1.54) is 18.2 Å². The van der Waals surface area contributed by atoms with Crippen LogP contribution in [-0.4, -0.2) is 40.1 Å². The van der Waals surface area contributed by atoms with Crippen molar-refractivity contribution in [1.82, 2.24) is 10.0 Å². The second-order valence-electron chi connectivity index (χ2n) is 7.91. The molecule has 1 aliphatic carbocycles. The standard InChI is InChI=1S/C23H19BrCl2N2O4/c24-15-8-5-13(6-9-15)20(29)12-27(21(30)14-7-10-18(25)19(26)11-14)28-22(31)16-3-1-2-4-17(16)23(28)32/h5-11,16-17H,1-4,12H2/t16-,17-/m1/s1. The summed E-state index contributed by atoms with van der Waals surface area (Å²) >= 11 is 15.4. The van der Waals surface area contributed by atoms with Gasteiger partial charge in [-0.1, -0.05) is 64.1 Å². The van der Waals surface area contributed by atoms with E-state index in [4.69, 9.17) is 23.2 Å². The SMILES string of the molecule is O=C(CN(C(=O)c1ccc(Cl)c(Cl)c1)N1C(=O)[C@@H]2CCCC[C@H]2C1=O)c1ccc(Br)cc1. The van der Waals surface area contributed by atoms with E-state index < -0.39 is 41.9 Å². The number of hydrogen-bond acceptors (Lipinski definition) is 4. The number of carbonyl (C=O) groups excluding carboxylic acids is 4. The molecule has 9 heteroatoms. The fraction of sp³-hybridized carbons (Fsp3) is 0.304. The van der Waals surface area contributed by atoms with Crippen LogP contribution in [-0.2, 0) is 9.59 Å². The number of Topliss-reactive ketones (excluding diaryl/α,β-unsaturated/α-hetero) is 1. The summed E-state index contributed by atoms with van der Waals surface area (Å²) in [7, 11) is 0. The molecule has 0 unspecified atom stereocenters. The maximum atomic E-state index is 13.4. The van der Waals surface area contributed by atoms with E-state index >= 15 is 0 Å². The Kier molecular flexibility index (Phi) is 6.70. The van der Waals surface area contributed by atoms with Gasteiger partial charge in [-0.25, -0.2) is 5.01 Å². The van der Waals surface area contributed by atoms with Gasteiger partial charge in [0.15, 0.2) is 5.78 Å². The van der Waals surface area contributed by atoms with Crippen LogP contribution in [0.5, 0.6) is 0 Å². The molecule has 1 heterocycles. The number of hydrogen-bond donors (Lipinski definition) is 0. The quantitative estimate of drug-likeness (QED) is 0.389. The van der Waals surface area contributed by atoms with Gasteiger partial charge in [-0.3, -0.25) is 19.2 Å². The Bertz CT molecular complexity index is 1080. The molecule has 2 fully saturated rings. The minimum atomic E-state index is -0.672. The first-order chi connectivity index (χ1) is 15.3. The Labute approximate surface area is 203 Å². The van der Waals surface area contributed by atoms with E-state index in [1.54, 1.807) is 24.3 Å². The topological polar surface area (TPSA) is 74.8 Å². The summed E-state index contributed by atoms with van der Waals surface area (Å²) in [4.78, 5) is 52.7. The van der Waals surface area contributed by atoms with Crippen LogP contribution < -0.4 is 0 Å². The van der Waals surface area contributed by atoms with E-state index in [9.17, 15) is 19.2 Å². The molecule has 0 aromatic heterocycles. The molecule has 32 heavy (non-hydrogen) atoms. The average molecular weight is 538 g/mol. The Morgan fingerprint density at radius 1 is 0.906 bits per heavy atom. The van der Waals surface area contributed by atoms with Gasteiger partial charge in [-0.2, -0.15) is 5.01 Å². The van der Waals surface area contributed by atoms with E-state index in [-0.39, 0.29) is 15.6 Å². The van der Waals surface area contributed by atoms with E-state index in [0.29, 0.717) is 18.4 Å². The van der Waals surface area contributed by atoms with Gasteiger partial charge < -0.3 is 0 Å². The zero-order valence-electron chi connectivity index (χ0n) is 16.9. The zero-order valence-corrected chi connectivity index (χ0v) is 20.0. The fourth-order valence-electron chi connectivity index (χ4n) is 4.26. The van der Waals surface area contributed by atoms with Crippen LogP contribution in [0.25, 0.3) is 0 Å². The van der Waals surface area contributed by atoms with Crippen molar-refractivity contribution >= 4 is 62.6 Å². The molecular formula is C23H19BrCl2N2O4. The molecule has 0 radical (unpaired) electrons. The van der Waals surface area contributed by atoms with E-state index in [0.717, 1.165) is 27.3 Å². The summed E-state index contributed by atoms with van der Waals surface area (Å²) in [6, 6.07) is 10.9.